The molecular formula is C21H16F3N5O3. The first kappa shape index (κ1) is 21.1. The maximum absolute atomic E-state index is 12.8. The van der Waals surface area contributed by atoms with Crippen molar-refractivity contribution >= 4 is 40.1 Å². The molecule has 1 aliphatic heterocycles. The molecule has 164 valence electrons. The van der Waals surface area contributed by atoms with Crippen molar-refractivity contribution in [2.24, 2.45) is 0 Å². The van der Waals surface area contributed by atoms with E-state index in [-0.39, 0.29) is 18.9 Å². The van der Waals surface area contributed by atoms with E-state index in [4.69, 9.17) is 5.11 Å². The monoisotopic (exact) mass is 443 g/mol. The van der Waals surface area contributed by atoms with Crippen LogP contribution in [-0.4, -0.2) is 45.2 Å². The lowest BCUT2D eigenvalue weighted by molar-refractivity contribution is -0.141. The van der Waals surface area contributed by atoms with E-state index in [1.807, 2.05) is 12.1 Å². The van der Waals surface area contributed by atoms with Crippen LogP contribution in [0.3, 0.4) is 0 Å². The highest BCUT2D eigenvalue weighted by Gasteiger charge is 2.32. The molecule has 3 aromatic rings. The molecule has 3 heterocycles. The fraction of sp³-hybridized carbons (Fsp3) is 0.143. The minimum atomic E-state index is -4.63. The second-order valence-corrected chi connectivity index (χ2v) is 6.97. The Morgan fingerprint density at radius 3 is 2.62 bits per heavy atom. The van der Waals surface area contributed by atoms with Gasteiger partial charge in [0, 0.05) is 24.7 Å². The number of hydrogen-bond donors (Lipinski definition) is 3. The predicted octanol–water partition coefficient (Wildman–Crippen LogP) is 4.67. The number of anilines is 2. The summed E-state index contributed by atoms with van der Waals surface area (Å²) in [5.41, 5.74) is 1.45. The highest BCUT2D eigenvalue weighted by atomic mass is 19.4. The van der Waals surface area contributed by atoms with Crippen LogP contribution < -0.4 is 10.6 Å². The zero-order chi connectivity index (χ0) is 22.9. The van der Waals surface area contributed by atoms with Crippen molar-refractivity contribution in [2.75, 3.05) is 23.7 Å². The smallest absolute Gasteiger partial charge is 0.433 e. The predicted molar refractivity (Wildman–Crippen MR) is 111 cm³/mol. The van der Waals surface area contributed by atoms with Crippen molar-refractivity contribution in [3.63, 3.8) is 0 Å². The molecule has 0 radical (unpaired) electrons. The van der Waals surface area contributed by atoms with Crippen LogP contribution in [0.4, 0.5) is 34.3 Å². The lowest BCUT2D eigenvalue weighted by Gasteiger charge is -2.13. The van der Waals surface area contributed by atoms with Gasteiger partial charge in [0.25, 0.3) is 0 Å². The molecule has 4 rings (SSSR count). The molecule has 1 aromatic carbocycles. The van der Waals surface area contributed by atoms with E-state index in [2.05, 4.69) is 20.6 Å². The van der Waals surface area contributed by atoms with Crippen LogP contribution in [0.2, 0.25) is 0 Å². The summed E-state index contributed by atoms with van der Waals surface area (Å²) in [6.45, 7) is 0.527. The average Bonchev–Trinajstić information content (AvgIpc) is 3.24. The Balaban J connectivity index is 1.55. The SMILES string of the molecule is O=C(Nc1cccc(C(F)(F)F)n1)Nc1ccnc2ccc(C3=CCN(C(=O)O)C3)cc12. The quantitative estimate of drug-likeness (QED) is 0.545. The topological polar surface area (TPSA) is 107 Å². The number of amides is 3. The van der Waals surface area contributed by atoms with Crippen LogP contribution in [0.15, 0.2) is 54.7 Å². The summed E-state index contributed by atoms with van der Waals surface area (Å²) in [6, 6.07) is 9.31. The van der Waals surface area contributed by atoms with Crippen LogP contribution in [0, 0.1) is 0 Å². The Bertz CT molecular complexity index is 1240. The zero-order valence-electron chi connectivity index (χ0n) is 16.3. The molecule has 1 aliphatic rings. The first-order valence-electron chi connectivity index (χ1n) is 9.39. The van der Waals surface area contributed by atoms with Crippen LogP contribution in [-0.2, 0) is 6.18 Å². The van der Waals surface area contributed by atoms with Crippen LogP contribution in [0.1, 0.15) is 11.3 Å². The number of carbonyl (C=O) groups is 2. The lowest BCUT2D eigenvalue weighted by Crippen LogP contribution is -2.26. The summed E-state index contributed by atoms with van der Waals surface area (Å²) < 4.78 is 38.5. The number of hydrogen-bond acceptors (Lipinski definition) is 4. The summed E-state index contributed by atoms with van der Waals surface area (Å²) in [4.78, 5) is 32.5. The molecule has 0 aliphatic carbocycles. The van der Waals surface area contributed by atoms with Crippen LogP contribution >= 0.6 is 0 Å². The van der Waals surface area contributed by atoms with E-state index in [0.29, 0.717) is 16.6 Å². The van der Waals surface area contributed by atoms with Crippen molar-refractivity contribution in [2.45, 2.75) is 6.18 Å². The van der Waals surface area contributed by atoms with Gasteiger partial charge >= 0.3 is 18.3 Å². The van der Waals surface area contributed by atoms with Crippen LogP contribution in [0.5, 0.6) is 0 Å². The molecule has 0 fully saturated rings. The van der Waals surface area contributed by atoms with Gasteiger partial charge in [0.1, 0.15) is 11.5 Å². The molecular weight excluding hydrogens is 427 g/mol. The van der Waals surface area contributed by atoms with Crippen molar-refractivity contribution in [1.29, 1.82) is 0 Å². The number of rotatable bonds is 3. The number of alkyl halides is 3. The van der Waals surface area contributed by atoms with Gasteiger partial charge in [0.2, 0.25) is 0 Å². The van der Waals surface area contributed by atoms with Gasteiger partial charge in [-0.05, 0) is 41.5 Å². The summed E-state index contributed by atoms with van der Waals surface area (Å²) in [6.07, 6.45) is -2.34. The van der Waals surface area contributed by atoms with Gasteiger partial charge in [-0.2, -0.15) is 13.2 Å². The minimum absolute atomic E-state index is 0.242. The standard InChI is InChI=1S/C21H16F3N5O3/c22-21(23,24)17-2-1-3-18(27-17)28-19(30)26-16-6-8-25-15-5-4-12(10-14(15)16)13-7-9-29(11-13)20(31)32/h1-8,10H,9,11H2,(H,31,32)(H2,25,26,27,28,30). The third-order valence-corrected chi connectivity index (χ3v) is 4.83. The number of halogens is 3. The third-order valence-electron chi connectivity index (χ3n) is 4.83. The summed E-state index contributed by atoms with van der Waals surface area (Å²) in [7, 11) is 0. The fourth-order valence-corrected chi connectivity index (χ4v) is 3.30. The van der Waals surface area contributed by atoms with E-state index >= 15 is 0 Å². The molecule has 11 heteroatoms. The number of carboxylic acid groups (broad SMARTS) is 1. The van der Waals surface area contributed by atoms with Gasteiger partial charge in [0.05, 0.1) is 11.2 Å². The number of benzene rings is 1. The molecule has 3 N–H and O–H groups in total. The average molecular weight is 443 g/mol. The maximum atomic E-state index is 12.8. The highest BCUT2D eigenvalue weighted by molar-refractivity contribution is 6.05. The molecule has 0 saturated heterocycles. The number of nitrogens with one attached hydrogen (secondary N) is 2. The van der Waals surface area contributed by atoms with Gasteiger partial charge in [-0.1, -0.05) is 18.2 Å². The molecule has 0 spiro atoms. The fourth-order valence-electron chi connectivity index (χ4n) is 3.30. The number of nitrogens with zero attached hydrogens (tertiary/aromatic N) is 3. The van der Waals surface area contributed by atoms with Gasteiger partial charge in [-0.15, -0.1) is 0 Å². The molecule has 2 aromatic heterocycles. The minimum Gasteiger partial charge on any atom is -0.465 e. The summed E-state index contributed by atoms with van der Waals surface area (Å²) in [5, 5.41) is 14.6. The van der Waals surface area contributed by atoms with E-state index in [0.717, 1.165) is 23.3 Å². The Labute approximate surface area is 179 Å². The highest BCUT2D eigenvalue weighted by Crippen LogP contribution is 2.29. The van der Waals surface area contributed by atoms with Crippen molar-refractivity contribution in [3.8, 4) is 0 Å². The van der Waals surface area contributed by atoms with E-state index < -0.39 is 24.0 Å². The van der Waals surface area contributed by atoms with Gasteiger partial charge < -0.3 is 15.3 Å². The van der Waals surface area contributed by atoms with E-state index in [1.165, 1.54) is 17.2 Å². The largest absolute Gasteiger partial charge is 0.465 e. The zero-order valence-corrected chi connectivity index (χ0v) is 16.3. The van der Waals surface area contributed by atoms with Gasteiger partial charge in [0.15, 0.2) is 0 Å². The van der Waals surface area contributed by atoms with E-state index in [1.54, 1.807) is 18.2 Å². The normalized spacial score (nSPS) is 13.7. The number of urea groups is 1. The first-order chi connectivity index (χ1) is 15.2. The Kier molecular flexibility index (Phi) is 5.39. The third kappa shape index (κ3) is 4.46. The number of pyridine rings is 2. The molecule has 0 atom stereocenters. The summed E-state index contributed by atoms with van der Waals surface area (Å²) >= 11 is 0. The molecule has 0 unspecified atom stereocenters. The maximum Gasteiger partial charge on any atom is 0.433 e. The number of aromatic nitrogens is 2. The Morgan fingerprint density at radius 1 is 1.09 bits per heavy atom. The molecule has 8 nitrogen and oxygen atoms in total. The summed E-state index contributed by atoms with van der Waals surface area (Å²) in [5.74, 6) is -0.249. The number of carbonyl (C=O) groups excluding carboxylic acids is 1. The first-order valence-corrected chi connectivity index (χ1v) is 9.39. The molecule has 3 amide bonds. The number of fused-ring (bicyclic) bond motifs is 1. The van der Waals surface area contributed by atoms with Crippen molar-refractivity contribution in [1.82, 2.24) is 14.9 Å². The molecule has 0 bridgehead atoms. The lowest BCUT2D eigenvalue weighted by atomic mass is 10.0. The van der Waals surface area contributed by atoms with Gasteiger partial charge in [-0.25, -0.2) is 14.6 Å². The molecule has 0 saturated carbocycles. The van der Waals surface area contributed by atoms with Crippen LogP contribution in [0.25, 0.3) is 16.5 Å². The van der Waals surface area contributed by atoms with Crippen molar-refractivity contribution in [3.05, 3.63) is 66.0 Å². The van der Waals surface area contributed by atoms with E-state index in [9.17, 15) is 22.8 Å². The Morgan fingerprint density at radius 2 is 1.91 bits per heavy atom. The van der Waals surface area contributed by atoms with Gasteiger partial charge in [-0.3, -0.25) is 10.3 Å². The Hall–Kier alpha value is -4.15. The van der Waals surface area contributed by atoms with Crippen molar-refractivity contribution < 1.29 is 27.9 Å². The second-order valence-electron chi connectivity index (χ2n) is 6.97. The molecule has 32 heavy (non-hydrogen) atoms. The second kappa shape index (κ2) is 8.17.